The Morgan fingerprint density at radius 1 is 0.947 bits per heavy atom. The van der Waals surface area contributed by atoms with Gasteiger partial charge in [0.25, 0.3) is 0 Å². The second-order valence-corrected chi connectivity index (χ2v) is 4.58. The molecule has 0 aromatic carbocycles. The van der Waals surface area contributed by atoms with E-state index >= 15 is 0 Å². The Labute approximate surface area is 118 Å². The Bertz CT molecular complexity index is 234. The van der Waals surface area contributed by atoms with Crippen molar-refractivity contribution in [2.45, 2.75) is 47.5 Å². The van der Waals surface area contributed by atoms with Gasteiger partial charge in [-0.25, -0.2) is 0 Å². The minimum Gasteiger partial charge on any atom is -0.361 e. The highest BCUT2D eigenvalue weighted by Gasteiger charge is 2.16. The monoisotopic (exact) mass is 274 g/mol. The molecule has 0 aliphatic heterocycles. The van der Waals surface area contributed by atoms with Crippen LogP contribution >= 0.6 is 0 Å². The molecule has 0 heterocycles. The maximum atomic E-state index is 10.4. The van der Waals surface area contributed by atoms with Crippen molar-refractivity contribution in [1.82, 2.24) is 5.32 Å². The second-order valence-electron chi connectivity index (χ2n) is 4.58. The first-order chi connectivity index (χ1) is 8.92. The van der Waals surface area contributed by atoms with Crippen molar-refractivity contribution in [2.24, 2.45) is 5.73 Å². The average Bonchev–Trinajstić information content (AvgIpc) is 2.43. The number of hydrogen-bond acceptors (Lipinski definition) is 2. The van der Waals surface area contributed by atoms with E-state index in [0.717, 1.165) is 12.8 Å². The van der Waals surface area contributed by atoms with Gasteiger partial charge in [0, 0.05) is 6.54 Å². The molecule has 19 heavy (non-hydrogen) atoms. The predicted octanol–water partition coefficient (Wildman–Crippen LogP) is 1.27. The van der Waals surface area contributed by atoms with Crippen molar-refractivity contribution in [3.63, 3.8) is 0 Å². The maximum absolute atomic E-state index is 10.4. The van der Waals surface area contributed by atoms with Crippen molar-refractivity contribution in [3.8, 4) is 0 Å². The topological polar surface area (TPSA) is 72.2 Å². The summed E-state index contributed by atoms with van der Waals surface area (Å²) in [7, 11) is 0. The van der Waals surface area contributed by atoms with Crippen LogP contribution in [0.25, 0.3) is 0 Å². The summed E-state index contributed by atoms with van der Waals surface area (Å²) in [5.74, 6) is -1.62. The summed E-state index contributed by atoms with van der Waals surface area (Å²) in [6.07, 6.45) is 1.86. The lowest BCUT2D eigenvalue weighted by molar-refractivity contribution is -0.921. The molecule has 0 bridgehead atoms. The zero-order valence-electron chi connectivity index (χ0n) is 13.3. The molecule has 0 fully saturated rings. The van der Waals surface area contributed by atoms with Crippen LogP contribution in [0.5, 0.6) is 0 Å². The summed E-state index contributed by atoms with van der Waals surface area (Å²) in [6, 6.07) is 0. The van der Waals surface area contributed by atoms with Gasteiger partial charge in [0.1, 0.15) is 0 Å². The number of quaternary nitrogens is 1. The first-order valence-electron chi connectivity index (χ1n) is 7.35. The minimum atomic E-state index is -0.920. The maximum Gasteiger partial charge on any atom is 0.309 e. The van der Waals surface area contributed by atoms with E-state index in [4.69, 9.17) is 0 Å². The van der Waals surface area contributed by atoms with Gasteiger partial charge in [-0.1, -0.05) is 13.3 Å². The van der Waals surface area contributed by atoms with Crippen LogP contribution in [0.15, 0.2) is 0 Å². The molecule has 114 valence electrons. The molecular formula is C14H32N3O2+. The van der Waals surface area contributed by atoms with E-state index in [0.29, 0.717) is 6.54 Å². The van der Waals surface area contributed by atoms with Gasteiger partial charge < -0.3 is 15.5 Å². The third kappa shape index (κ3) is 9.47. The van der Waals surface area contributed by atoms with E-state index in [-0.39, 0.29) is 0 Å². The van der Waals surface area contributed by atoms with Gasteiger partial charge in [-0.3, -0.25) is 9.59 Å². The van der Waals surface area contributed by atoms with Crippen molar-refractivity contribution in [1.29, 1.82) is 0 Å². The number of primary amides is 1. The fourth-order valence-electron chi connectivity index (χ4n) is 1.81. The molecule has 0 saturated heterocycles. The van der Waals surface area contributed by atoms with Crippen LogP contribution in [0.2, 0.25) is 0 Å². The summed E-state index contributed by atoms with van der Waals surface area (Å²) in [6.45, 7) is 16.7. The zero-order chi connectivity index (χ0) is 15.3. The van der Waals surface area contributed by atoms with Crippen LogP contribution in [0, 0.1) is 0 Å². The number of hydrogen-bond donors (Lipinski definition) is 2. The fourth-order valence-corrected chi connectivity index (χ4v) is 1.81. The van der Waals surface area contributed by atoms with Crippen LogP contribution in [-0.4, -0.2) is 49.0 Å². The molecule has 0 unspecified atom stereocenters. The SMILES string of the molecule is CCCCNC(=O)C(N)=O.CC[N+](CC)(CC)CC. The van der Waals surface area contributed by atoms with Crippen molar-refractivity contribution >= 4 is 11.8 Å². The minimum absolute atomic E-state index is 0.526. The second kappa shape index (κ2) is 12.0. The number of amides is 2. The molecule has 0 aromatic rings. The van der Waals surface area contributed by atoms with E-state index < -0.39 is 11.8 Å². The molecule has 0 rings (SSSR count). The molecule has 0 atom stereocenters. The summed E-state index contributed by atoms with van der Waals surface area (Å²) in [5, 5.41) is 2.37. The molecular weight excluding hydrogens is 242 g/mol. The molecule has 0 spiro atoms. The highest BCUT2D eigenvalue weighted by molar-refractivity contribution is 6.34. The molecule has 0 aliphatic carbocycles. The average molecular weight is 274 g/mol. The van der Waals surface area contributed by atoms with E-state index in [9.17, 15) is 9.59 Å². The van der Waals surface area contributed by atoms with Gasteiger partial charge >= 0.3 is 11.8 Å². The lowest BCUT2D eigenvalue weighted by Crippen LogP contribution is -2.47. The molecule has 0 radical (unpaired) electrons. The smallest absolute Gasteiger partial charge is 0.309 e. The summed E-state index contributed by atoms with van der Waals surface area (Å²) >= 11 is 0. The normalized spacial score (nSPS) is 10.4. The number of nitrogens with one attached hydrogen (secondary N) is 1. The van der Waals surface area contributed by atoms with Crippen LogP contribution in [0.1, 0.15) is 47.5 Å². The van der Waals surface area contributed by atoms with E-state index in [2.05, 4.69) is 38.7 Å². The summed E-state index contributed by atoms with van der Waals surface area (Å²) < 4.78 is 1.28. The summed E-state index contributed by atoms with van der Waals surface area (Å²) in [5.41, 5.74) is 4.67. The Morgan fingerprint density at radius 3 is 1.58 bits per heavy atom. The van der Waals surface area contributed by atoms with E-state index in [1.54, 1.807) is 0 Å². The van der Waals surface area contributed by atoms with E-state index in [1.807, 2.05) is 6.92 Å². The highest BCUT2D eigenvalue weighted by Crippen LogP contribution is 2.03. The number of nitrogens with zero attached hydrogens (tertiary/aromatic N) is 1. The third-order valence-corrected chi connectivity index (χ3v) is 3.72. The van der Waals surface area contributed by atoms with Gasteiger partial charge in [-0.05, 0) is 34.1 Å². The lowest BCUT2D eigenvalue weighted by atomic mass is 10.3. The van der Waals surface area contributed by atoms with Gasteiger partial charge in [-0.15, -0.1) is 0 Å². The first-order valence-corrected chi connectivity index (χ1v) is 7.35. The van der Waals surface area contributed by atoms with Crippen LogP contribution < -0.4 is 11.1 Å². The quantitative estimate of drug-likeness (QED) is 0.417. The summed E-state index contributed by atoms with van der Waals surface area (Å²) in [4.78, 5) is 20.5. The molecule has 0 saturated carbocycles. The third-order valence-electron chi connectivity index (χ3n) is 3.72. The Kier molecular flexibility index (Phi) is 12.7. The van der Waals surface area contributed by atoms with Crippen molar-refractivity contribution < 1.29 is 14.1 Å². The number of carbonyl (C=O) groups is 2. The molecule has 3 N–H and O–H groups in total. The Morgan fingerprint density at radius 2 is 1.37 bits per heavy atom. The Balaban J connectivity index is 0. The first kappa shape index (κ1) is 20.2. The Hall–Kier alpha value is -1.10. The number of rotatable bonds is 7. The standard InChI is InChI=1S/C8H20N.C6H12N2O2/c1-5-9(6-2,7-3)8-4;1-2-3-4-8-6(10)5(7)9/h5-8H2,1-4H3;2-4H2,1H3,(H2,7,9)(H,8,10)/q+1;. The molecule has 5 nitrogen and oxygen atoms in total. The predicted molar refractivity (Wildman–Crippen MR) is 79.5 cm³/mol. The molecule has 0 aliphatic rings. The van der Waals surface area contributed by atoms with Crippen molar-refractivity contribution in [3.05, 3.63) is 0 Å². The van der Waals surface area contributed by atoms with Gasteiger partial charge in [0.2, 0.25) is 0 Å². The molecule has 5 heteroatoms. The molecule has 0 aromatic heterocycles. The molecule has 2 amide bonds. The number of nitrogens with two attached hydrogens (primary N) is 1. The van der Waals surface area contributed by atoms with Crippen LogP contribution in [0.3, 0.4) is 0 Å². The van der Waals surface area contributed by atoms with Crippen LogP contribution in [-0.2, 0) is 9.59 Å². The van der Waals surface area contributed by atoms with E-state index in [1.165, 1.54) is 30.7 Å². The van der Waals surface area contributed by atoms with Gasteiger partial charge in [0.15, 0.2) is 0 Å². The highest BCUT2D eigenvalue weighted by atomic mass is 16.2. The number of carbonyl (C=O) groups excluding carboxylic acids is 2. The van der Waals surface area contributed by atoms with Crippen LogP contribution in [0.4, 0.5) is 0 Å². The van der Waals surface area contributed by atoms with Gasteiger partial charge in [0.05, 0.1) is 26.2 Å². The van der Waals surface area contributed by atoms with Crippen molar-refractivity contribution in [2.75, 3.05) is 32.7 Å². The zero-order valence-corrected chi connectivity index (χ0v) is 13.3. The lowest BCUT2D eigenvalue weighted by Gasteiger charge is -2.34. The number of unbranched alkanes of at least 4 members (excludes halogenated alkanes) is 1. The largest absolute Gasteiger partial charge is 0.361 e. The fraction of sp³-hybridized carbons (Fsp3) is 0.857. The van der Waals surface area contributed by atoms with Gasteiger partial charge in [-0.2, -0.15) is 0 Å².